The van der Waals surface area contributed by atoms with Gasteiger partial charge in [0.2, 0.25) is 0 Å². The number of hydrogen-bond acceptors (Lipinski definition) is 2. The highest BCUT2D eigenvalue weighted by Crippen LogP contribution is 2.27. The number of carboxylic acids is 1. The molecule has 1 aliphatic carbocycles. The summed E-state index contributed by atoms with van der Waals surface area (Å²) in [5.41, 5.74) is 0. The van der Waals surface area contributed by atoms with Crippen molar-refractivity contribution in [1.82, 2.24) is 4.90 Å². The molecule has 3 heteroatoms. The molecule has 12 heavy (non-hydrogen) atoms. The molecule has 0 amide bonds. The fraction of sp³-hybridized carbons (Fsp3) is 0.889. The van der Waals surface area contributed by atoms with Crippen molar-refractivity contribution >= 4 is 5.97 Å². The minimum atomic E-state index is -0.706. The van der Waals surface area contributed by atoms with Crippen molar-refractivity contribution in [2.24, 2.45) is 5.92 Å². The molecule has 1 saturated carbocycles. The summed E-state index contributed by atoms with van der Waals surface area (Å²) in [5, 5.41) is 8.63. The Labute approximate surface area is 73.4 Å². The number of aliphatic carboxylic acids is 1. The van der Waals surface area contributed by atoms with Crippen LogP contribution in [0.15, 0.2) is 0 Å². The van der Waals surface area contributed by atoms with E-state index >= 15 is 0 Å². The second-order valence-electron chi connectivity index (χ2n) is 3.95. The Balaban J connectivity index is 2.32. The van der Waals surface area contributed by atoms with Crippen molar-refractivity contribution in [3.05, 3.63) is 0 Å². The van der Waals surface area contributed by atoms with Gasteiger partial charge in [-0.1, -0.05) is 13.8 Å². The molecular weight excluding hydrogens is 154 g/mol. The third-order valence-electron chi connectivity index (χ3n) is 2.00. The molecule has 1 N–H and O–H groups in total. The Morgan fingerprint density at radius 3 is 2.50 bits per heavy atom. The molecule has 0 aromatic heterocycles. The Kier molecular flexibility index (Phi) is 3.09. The first-order valence-electron chi connectivity index (χ1n) is 4.55. The summed E-state index contributed by atoms with van der Waals surface area (Å²) >= 11 is 0. The van der Waals surface area contributed by atoms with Crippen LogP contribution in [-0.4, -0.2) is 35.1 Å². The maximum absolute atomic E-state index is 10.5. The van der Waals surface area contributed by atoms with Gasteiger partial charge in [0.1, 0.15) is 0 Å². The smallest absolute Gasteiger partial charge is 0.317 e. The van der Waals surface area contributed by atoms with Gasteiger partial charge in [-0.2, -0.15) is 0 Å². The van der Waals surface area contributed by atoms with E-state index < -0.39 is 5.97 Å². The minimum absolute atomic E-state index is 0.211. The van der Waals surface area contributed by atoms with Gasteiger partial charge in [0, 0.05) is 12.6 Å². The summed E-state index contributed by atoms with van der Waals surface area (Å²) in [5.74, 6) is -0.146. The zero-order valence-corrected chi connectivity index (χ0v) is 7.79. The normalized spacial score (nSPS) is 17.3. The van der Waals surface area contributed by atoms with E-state index in [-0.39, 0.29) is 6.54 Å². The molecule has 0 aromatic rings. The molecule has 1 rings (SSSR count). The molecule has 1 aliphatic rings. The van der Waals surface area contributed by atoms with Crippen LogP contribution in [0.4, 0.5) is 0 Å². The van der Waals surface area contributed by atoms with E-state index in [0.29, 0.717) is 12.0 Å². The third-order valence-corrected chi connectivity index (χ3v) is 2.00. The molecule has 70 valence electrons. The van der Waals surface area contributed by atoms with Crippen molar-refractivity contribution < 1.29 is 9.90 Å². The van der Waals surface area contributed by atoms with Crippen molar-refractivity contribution in [2.75, 3.05) is 13.1 Å². The summed E-state index contributed by atoms with van der Waals surface area (Å²) in [4.78, 5) is 12.6. The van der Waals surface area contributed by atoms with Crippen LogP contribution >= 0.6 is 0 Å². The van der Waals surface area contributed by atoms with Crippen LogP contribution in [0, 0.1) is 5.92 Å². The van der Waals surface area contributed by atoms with Crippen molar-refractivity contribution in [3.8, 4) is 0 Å². The van der Waals surface area contributed by atoms with Gasteiger partial charge in [0.05, 0.1) is 6.54 Å². The summed E-state index contributed by atoms with van der Waals surface area (Å²) in [6, 6.07) is 0.559. The Morgan fingerprint density at radius 2 is 2.17 bits per heavy atom. The lowest BCUT2D eigenvalue weighted by Gasteiger charge is -2.21. The van der Waals surface area contributed by atoms with E-state index in [9.17, 15) is 4.79 Å². The predicted octanol–water partition coefficient (Wildman–Crippen LogP) is 1.19. The largest absolute Gasteiger partial charge is 0.480 e. The molecule has 0 aromatic carbocycles. The molecule has 0 atom stereocenters. The van der Waals surface area contributed by atoms with E-state index in [0.717, 1.165) is 6.54 Å². The molecule has 3 nitrogen and oxygen atoms in total. The van der Waals surface area contributed by atoms with Crippen LogP contribution in [0.5, 0.6) is 0 Å². The maximum Gasteiger partial charge on any atom is 0.317 e. The van der Waals surface area contributed by atoms with Gasteiger partial charge in [-0.15, -0.1) is 0 Å². The Morgan fingerprint density at radius 1 is 1.58 bits per heavy atom. The molecule has 0 saturated heterocycles. The van der Waals surface area contributed by atoms with Gasteiger partial charge in [-0.05, 0) is 18.8 Å². The SMILES string of the molecule is CC(C)CN(CC(=O)O)C1CC1. The van der Waals surface area contributed by atoms with Crippen LogP contribution < -0.4 is 0 Å². The fourth-order valence-corrected chi connectivity index (χ4v) is 1.43. The fourth-order valence-electron chi connectivity index (χ4n) is 1.43. The predicted molar refractivity (Wildman–Crippen MR) is 47.1 cm³/mol. The average Bonchev–Trinajstić information content (AvgIpc) is 2.63. The van der Waals surface area contributed by atoms with Crippen LogP contribution in [0.1, 0.15) is 26.7 Å². The Hall–Kier alpha value is -0.570. The summed E-state index contributed by atoms with van der Waals surface area (Å²) in [6.45, 7) is 5.37. The number of rotatable bonds is 5. The zero-order chi connectivity index (χ0) is 9.14. The number of nitrogens with zero attached hydrogens (tertiary/aromatic N) is 1. The van der Waals surface area contributed by atoms with Gasteiger partial charge in [-0.25, -0.2) is 0 Å². The minimum Gasteiger partial charge on any atom is -0.480 e. The first-order valence-corrected chi connectivity index (χ1v) is 4.55. The van der Waals surface area contributed by atoms with Crippen molar-refractivity contribution in [2.45, 2.75) is 32.7 Å². The van der Waals surface area contributed by atoms with E-state index in [2.05, 4.69) is 18.7 Å². The second kappa shape index (κ2) is 3.90. The first-order chi connectivity index (χ1) is 5.59. The molecule has 0 radical (unpaired) electrons. The zero-order valence-electron chi connectivity index (χ0n) is 7.79. The molecule has 0 bridgehead atoms. The summed E-state index contributed by atoms with van der Waals surface area (Å²) in [6.07, 6.45) is 2.36. The van der Waals surface area contributed by atoms with E-state index in [1.54, 1.807) is 0 Å². The van der Waals surface area contributed by atoms with Gasteiger partial charge in [0.25, 0.3) is 0 Å². The van der Waals surface area contributed by atoms with Gasteiger partial charge in [0.15, 0.2) is 0 Å². The highest BCUT2D eigenvalue weighted by atomic mass is 16.4. The van der Waals surface area contributed by atoms with Crippen LogP contribution in [0.2, 0.25) is 0 Å². The Bertz CT molecular complexity index is 164. The number of carboxylic acid groups (broad SMARTS) is 1. The highest BCUT2D eigenvalue weighted by molar-refractivity contribution is 5.69. The van der Waals surface area contributed by atoms with Crippen LogP contribution in [-0.2, 0) is 4.79 Å². The summed E-state index contributed by atoms with van der Waals surface area (Å²) in [7, 11) is 0. The van der Waals surface area contributed by atoms with E-state index in [4.69, 9.17) is 5.11 Å². The summed E-state index contributed by atoms with van der Waals surface area (Å²) < 4.78 is 0. The van der Waals surface area contributed by atoms with Crippen molar-refractivity contribution in [1.29, 1.82) is 0 Å². The van der Waals surface area contributed by atoms with Crippen molar-refractivity contribution in [3.63, 3.8) is 0 Å². The lowest BCUT2D eigenvalue weighted by atomic mass is 10.2. The quantitative estimate of drug-likeness (QED) is 0.675. The molecule has 0 unspecified atom stereocenters. The molecule has 1 fully saturated rings. The van der Waals surface area contributed by atoms with Crippen LogP contribution in [0.3, 0.4) is 0 Å². The van der Waals surface area contributed by atoms with Gasteiger partial charge in [-0.3, -0.25) is 9.69 Å². The van der Waals surface area contributed by atoms with Gasteiger partial charge >= 0.3 is 5.97 Å². The molecule has 0 aliphatic heterocycles. The highest BCUT2D eigenvalue weighted by Gasteiger charge is 2.30. The number of carbonyl (C=O) groups is 1. The molecule has 0 heterocycles. The maximum atomic E-state index is 10.5. The topological polar surface area (TPSA) is 40.5 Å². The van der Waals surface area contributed by atoms with E-state index in [1.165, 1.54) is 12.8 Å². The third kappa shape index (κ3) is 3.22. The van der Waals surface area contributed by atoms with Gasteiger partial charge < -0.3 is 5.11 Å². The second-order valence-corrected chi connectivity index (χ2v) is 3.95. The lowest BCUT2D eigenvalue weighted by Crippen LogP contribution is -2.34. The lowest BCUT2D eigenvalue weighted by molar-refractivity contribution is -0.138. The average molecular weight is 171 g/mol. The first kappa shape index (κ1) is 9.52. The standard InChI is InChI=1S/C9H17NO2/c1-7(2)5-10(6-9(11)12)8-3-4-8/h7-8H,3-6H2,1-2H3,(H,11,12). The number of hydrogen-bond donors (Lipinski definition) is 1. The van der Waals surface area contributed by atoms with Crippen LogP contribution in [0.25, 0.3) is 0 Å². The monoisotopic (exact) mass is 171 g/mol. The molecule has 0 spiro atoms. The molecular formula is C9H17NO2. The van der Waals surface area contributed by atoms with E-state index in [1.807, 2.05) is 0 Å².